The molecule has 0 radical (unpaired) electrons. The van der Waals surface area contributed by atoms with Crippen molar-refractivity contribution in [2.24, 2.45) is 0 Å². The quantitative estimate of drug-likeness (QED) is 0.635. The summed E-state index contributed by atoms with van der Waals surface area (Å²) in [5, 5.41) is 0.700. The molecule has 1 aliphatic carbocycles. The van der Waals surface area contributed by atoms with Crippen LogP contribution in [0.15, 0.2) is 10.7 Å². The average Bonchev–Trinajstić information content (AvgIpc) is 2.94. The molecular formula is C18H20O5. The number of carbonyl (C=O) groups is 2. The van der Waals surface area contributed by atoms with Crippen molar-refractivity contribution in [1.82, 2.24) is 0 Å². The number of esters is 1. The van der Waals surface area contributed by atoms with Crippen molar-refractivity contribution >= 4 is 23.2 Å². The van der Waals surface area contributed by atoms with E-state index in [0.717, 1.165) is 36.7 Å². The normalized spacial score (nSPS) is 16.9. The zero-order valence-electron chi connectivity index (χ0n) is 13.6. The number of methoxy groups -OCH3 is 1. The Balaban J connectivity index is 2.29. The minimum Gasteiger partial charge on any atom is -0.493 e. The van der Waals surface area contributed by atoms with Crippen LogP contribution in [0.2, 0.25) is 0 Å². The molecule has 1 atom stereocenters. The summed E-state index contributed by atoms with van der Waals surface area (Å²) in [5.74, 6) is 0.611. The third-order valence-corrected chi connectivity index (χ3v) is 4.54. The van der Waals surface area contributed by atoms with E-state index < -0.39 is 0 Å². The molecule has 2 aromatic rings. The number of fused-ring (bicyclic) bond motifs is 2. The maximum Gasteiger partial charge on any atom is 0.302 e. The summed E-state index contributed by atoms with van der Waals surface area (Å²) >= 11 is 0. The topological polar surface area (TPSA) is 65.7 Å². The number of hydrogen-bond acceptors (Lipinski definition) is 5. The number of furan rings is 1. The molecule has 0 bridgehead atoms. The summed E-state index contributed by atoms with van der Waals surface area (Å²) in [6, 6.07) is 0. The summed E-state index contributed by atoms with van der Waals surface area (Å²) in [6.45, 7) is 3.56. The predicted octanol–water partition coefficient (Wildman–Crippen LogP) is 3.76. The number of rotatable bonds is 4. The largest absolute Gasteiger partial charge is 0.493 e. The molecule has 3 rings (SSSR count). The molecule has 0 saturated heterocycles. The lowest BCUT2D eigenvalue weighted by Gasteiger charge is -2.26. The SMILES string of the molecule is COc1c2c(c(C=O)c3c(COC(C)=O)coc13)[C@@H](C)CCC2. The van der Waals surface area contributed by atoms with Gasteiger partial charge in [-0.25, -0.2) is 0 Å². The molecular weight excluding hydrogens is 296 g/mol. The van der Waals surface area contributed by atoms with E-state index in [4.69, 9.17) is 13.9 Å². The average molecular weight is 316 g/mol. The standard InChI is InChI=1S/C18H20O5/c1-10-5-4-6-13-15(10)14(7-19)16-12(8-22-11(2)20)9-23-18(16)17(13)21-3/h7,9-10H,4-6,8H2,1-3H3/t10-/m0/s1. The lowest BCUT2D eigenvalue weighted by atomic mass is 9.79. The van der Waals surface area contributed by atoms with Crippen molar-refractivity contribution in [2.75, 3.05) is 7.11 Å². The second-order valence-corrected chi connectivity index (χ2v) is 6.00. The van der Waals surface area contributed by atoms with E-state index >= 15 is 0 Å². The molecule has 122 valence electrons. The molecule has 1 aromatic heterocycles. The summed E-state index contributed by atoms with van der Waals surface area (Å²) in [7, 11) is 1.61. The van der Waals surface area contributed by atoms with E-state index in [1.54, 1.807) is 13.4 Å². The molecule has 1 heterocycles. The number of ether oxygens (including phenoxy) is 2. The zero-order chi connectivity index (χ0) is 16.6. The first kappa shape index (κ1) is 15.6. The summed E-state index contributed by atoms with van der Waals surface area (Å²) in [4.78, 5) is 22.9. The molecule has 0 saturated carbocycles. The second-order valence-electron chi connectivity index (χ2n) is 6.00. The van der Waals surface area contributed by atoms with Gasteiger partial charge in [0, 0.05) is 29.0 Å². The highest BCUT2D eigenvalue weighted by Crippen LogP contribution is 2.45. The van der Waals surface area contributed by atoms with Crippen LogP contribution in [0.25, 0.3) is 11.0 Å². The van der Waals surface area contributed by atoms with Gasteiger partial charge in [-0.05, 0) is 30.7 Å². The lowest BCUT2D eigenvalue weighted by molar-refractivity contribution is -0.142. The van der Waals surface area contributed by atoms with E-state index in [2.05, 4.69) is 6.92 Å². The van der Waals surface area contributed by atoms with Crippen LogP contribution >= 0.6 is 0 Å². The Morgan fingerprint density at radius 1 is 1.48 bits per heavy atom. The fourth-order valence-corrected chi connectivity index (χ4v) is 3.58. The van der Waals surface area contributed by atoms with Crippen molar-refractivity contribution in [3.63, 3.8) is 0 Å². The second kappa shape index (κ2) is 6.07. The van der Waals surface area contributed by atoms with Gasteiger partial charge >= 0.3 is 5.97 Å². The molecule has 23 heavy (non-hydrogen) atoms. The minimum atomic E-state index is -0.370. The van der Waals surface area contributed by atoms with Gasteiger partial charge in [-0.15, -0.1) is 0 Å². The Morgan fingerprint density at radius 3 is 2.91 bits per heavy atom. The van der Waals surface area contributed by atoms with Gasteiger partial charge in [-0.1, -0.05) is 6.92 Å². The highest BCUT2D eigenvalue weighted by Gasteiger charge is 2.29. The van der Waals surface area contributed by atoms with Crippen LogP contribution in [-0.4, -0.2) is 19.4 Å². The van der Waals surface area contributed by atoms with Crippen LogP contribution in [0, 0.1) is 0 Å². The van der Waals surface area contributed by atoms with Crippen LogP contribution in [0.5, 0.6) is 5.75 Å². The number of hydrogen-bond donors (Lipinski definition) is 0. The Morgan fingerprint density at radius 2 is 2.26 bits per heavy atom. The third-order valence-electron chi connectivity index (χ3n) is 4.54. The van der Waals surface area contributed by atoms with E-state index in [-0.39, 0.29) is 18.5 Å². The Kier molecular flexibility index (Phi) is 4.11. The molecule has 1 aliphatic rings. The summed E-state index contributed by atoms with van der Waals surface area (Å²) < 4.78 is 16.3. The molecule has 5 heteroatoms. The van der Waals surface area contributed by atoms with Crippen LogP contribution in [0.1, 0.15) is 59.7 Å². The summed E-state index contributed by atoms with van der Waals surface area (Å²) in [6.07, 6.45) is 5.41. The highest BCUT2D eigenvalue weighted by molar-refractivity contribution is 6.03. The third kappa shape index (κ3) is 2.50. The highest BCUT2D eigenvalue weighted by atomic mass is 16.5. The van der Waals surface area contributed by atoms with E-state index in [9.17, 15) is 9.59 Å². The summed E-state index contributed by atoms with van der Waals surface area (Å²) in [5.41, 5.74) is 4.00. The molecule has 0 N–H and O–H groups in total. The molecule has 0 fully saturated rings. The van der Waals surface area contributed by atoms with Crippen LogP contribution in [-0.2, 0) is 22.6 Å². The minimum absolute atomic E-state index is 0.0828. The van der Waals surface area contributed by atoms with Crippen molar-refractivity contribution < 1.29 is 23.5 Å². The number of carbonyl (C=O) groups excluding carboxylic acids is 2. The Hall–Kier alpha value is -2.30. The van der Waals surface area contributed by atoms with Gasteiger partial charge in [-0.2, -0.15) is 0 Å². The molecule has 5 nitrogen and oxygen atoms in total. The van der Waals surface area contributed by atoms with Gasteiger partial charge in [-0.3, -0.25) is 9.59 Å². The van der Waals surface area contributed by atoms with Gasteiger partial charge in [0.15, 0.2) is 17.6 Å². The van der Waals surface area contributed by atoms with Crippen molar-refractivity contribution in [3.8, 4) is 5.75 Å². The van der Waals surface area contributed by atoms with Crippen LogP contribution in [0.4, 0.5) is 0 Å². The fraction of sp³-hybridized carbons (Fsp3) is 0.444. The molecule has 0 unspecified atom stereocenters. The van der Waals surface area contributed by atoms with Crippen molar-refractivity contribution in [1.29, 1.82) is 0 Å². The Bertz CT molecular complexity index is 772. The van der Waals surface area contributed by atoms with Gasteiger partial charge in [0.05, 0.1) is 13.4 Å². The molecule has 1 aromatic carbocycles. The maximum atomic E-state index is 11.8. The molecule has 0 aliphatic heterocycles. The first-order valence-electron chi connectivity index (χ1n) is 7.79. The zero-order valence-corrected chi connectivity index (χ0v) is 13.6. The maximum absolute atomic E-state index is 11.8. The van der Waals surface area contributed by atoms with E-state index in [0.29, 0.717) is 27.8 Å². The van der Waals surface area contributed by atoms with Crippen LogP contribution in [0.3, 0.4) is 0 Å². The van der Waals surface area contributed by atoms with Crippen molar-refractivity contribution in [3.05, 3.63) is 28.5 Å². The molecule has 0 spiro atoms. The Labute approximate surface area is 134 Å². The van der Waals surface area contributed by atoms with Gasteiger partial charge in [0.2, 0.25) is 0 Å². The van der Waals surface area contributed by atoms with E-state index in [1.807, 2.05) is 0 Å². The van der Waals surface area contributed by atoms with Crippen LogP contribution < -0.4 is 4.74 Å². The fourth-order valence-electron chi connectivity index (χ4n) is 3.58. The number of benzene rings is 1. The first-order valence-corrected chi connectivity index (χ1v) is 7.79. The molecule has 0 amide bonds. The van der Waals surface area contributed by atoms with Crippen molar-refractivity contribution in [2.45, 2.75) is 45.6 Å². The first-order chi connectivity index (χ1) is 11.1. The lowest BCUT2D eigenvalue weighted by Crippen LogP contribution is -2.13. The van der Waals surface area contributed by atoms with Gasteiger partial charge in [0.1, 0.15) is 6.61 Å². The van der Waals surface area contributed by atoms with Gasteiger partial charge < -0.3 is 13.9 Å². The monoisotopic (exact) mass is 316 g/mol. The van der Waals surface area contributed by atoms with Gasteiger partial charge in [0.25, 0.3) is 0 Å². The predicted molar refractivity (Wildman–Crippen MR) is 85.0 cm³/mol. The number of aldehydes is 1. The van der Waals surface area contributed by atoms with E-state index in [1.165, 1.54) is 6.92 Å². The smallest absolute Gasteiger partial charge is 0.302 e.